The minimum atomic E-state index is 0.0803. The second-order valence-corrected chi connectivity index (χ2v) is 8.09. The van der Waals surface area contributed by atoms with Crippen molar-refractivity contribution >= 4 is 11.8 Å². The van der Waals surface area contributed by atoms with Crippen LogP contribution in [0.3, 0.4) is 0 Å². The molecule has 1 saturated heterocycles. The zero-order valence-corrected chi connectivity index (χ0v) is 18.9. The summed E-state index contributed by atoms with van der Waals surface area (Å²) in [5, 5.41) is 0. The molecule has 1 fully saturated rings. The van der Waals surface area contributed by atoms with E-state index >= 15 is 0 Å². The highest BCUT2D eigenvalue weighted by Gasteiger charge is 2.26. The highest BCUT2D eigenvalue weighted by Crippen LogP contribution is 2.23. The lowest BCUT2D eigenvalue weighted by atomic mass is 10.2. The molecule has 3 rings (SSSR count). The Bertz CT molecular complexity index is 906. The van der Waals surface area contributed by atoms with Gasteiger partial charge in [0, 0.05) is 56.3 Å². The lowest BCUT2D eigenvalue weighted by Gasteiger charge is -2.35. The van der Waals surface area contributed by atoms with E-state index in [4.69, 9.17) is 0 Å². The van der Waals surface area contributed by atoms with Gasteiger partial charge in [0.05, 0.1) is 12.1 Å². The van der Waals surface area contributed by atoms with Crippen molar-refractivity contribution in [3.8, 4) is 5.69 Å². The number of carbonyl (C=O) groups is 2. The first-order chi connectivity index (χ1) is 14.3. The molecule has 2 amide bonds. The van der Waals surface area contributed by atoms with Crippen molar-refractivity contribution < 1.29 is 9.59 Å². The summed E-state index contributed by atoms with van der Waals surface area (Å²) in [5.74, 6) is 0.248. The molecule has 6 heteroatoms. The fraction of sp³-hybridized carbons (Fsp3) is 0.500. The molecule has 6 nitrogen and oxygen atoms in total. The molecule has 0 radical (unpaired) electrons. The third-order valence-electron chi connectivity index (χ3n) is 6.06. The topological polar surface area (TPSA) is 48.8 Å². The van der Waals surface area contributed by atoms with Gasteiger partial charge in [-0.05, 0) is 58.4 Å². The van der Waals surface area contributed by atoms with Gasteiger partial charge in [-0.1, -0.05) is 12.1 Å². The molecule has 2 heterocycles. The number of rotatable bonds is 6. The molecular formula is C24H34N4O2. The first-order valence-electron chi connectivity index (χ1n) is 10.9. The summed E-state index contributed by atoms with van der Waals surface area (Å²) in [6, 6.07) is 10.3. The Morgan fingerprint density at radius 1 is 0.967 bits per heavy atom. The van der Waals surface area contributed by atoms with Gasteiger partial charge in [0.1, 0.15) is 0 Å². The maximum Gasteiger partial charge on any atom is 0.255 e. The Morgan fingerprint density at radius 3 is 2.23 bits per heavy atom. The van der Waals surface area contributed by atoms with Gasteiger partial charge in [-0.15, -0.1) is 0 Å². The van der Waals surface area contributed by atoms with Crippen molar-refractivity contribution in [1.82, 2.24) is 19.3 Å². The summed E-state index contributed by atoms with van der Waals surface area (Å²) in [7, 11) is 0. The van der Waals surface area contributed by atoms with Crippen molar-refractivity contribution in [3.63, 3.8) is 0 Å². The second-order valence-electron chi connectivity index (χ2n) is 8.09. The number of likely N-dealkylation sites (N-methyl/N-ethyl adjacent to an activating group) is 1. The molecule has 0 atom stereocenters. The van der Waals surface area contributed by atoms with E-state index in [9.17, 15) is 9.59 Å². The third kappa shape index (κ3) is 4.59. The molecule has 2 aromatic rings. The number of piperazine rings is 1. The van der Waals surface area contributed by atoms with Crippen LogP contribution in [-0.2, 0) is 4.79 Å². The van der Waals surface area contributed by atoms with Crippen LogP contribution in [0.1, 0.15) is 41.2 Å². The van der Waals surface area contributed by atoms with Crippen LogP contribution in [0, 0.1) is 20.8 Å². The maximum absolute atomic E-state index is 13.2. The van der Waals surface area contributed by atoms with E-state index in [0.29, 0.717) is 19.6 Å². The van der Waals surface area contributed by atoms with Crippen LogP contribution in [-0.4, -0.2) is 76.9 Å². The molecule has 162 valence electrons. The molecular weight excluding hydrogens is 376 g/mol. The minimum Gasteiger partial charge on any atom is -0.342 e. The lowest BCUT2D eigenvalue weighted by molar-refractivity contribution is -0.132. The normalized spacial score (nSPS) is 14.8. The van der Waals surface area contributed by atoms with Gasteiger partial charge in [0.15, 0.2) is 0 Å². The predicted molar refractivity (Wildman–Crippen MR) is 120 cm³/mol. The minimum absolute atomic E-state index is 0.0803. The Kier molecular flexibility index (Phi) is 6.98. The molecule has 0 bridgehead atoms. The highest BCUT2D eigenvalue weighted by molar-refractivity contribution is 5.96. The van der Waals surface area contributed by atoms with E-state index in [1.54, 1.807) is 0 Å². The number of carbonyl (C=O) groups excluding carboxylic acids is 2. The average molecular weight is 411 g/mol. The standard InChI is InChI=1S/C24H34N4O2/c1-6-26(7-2)23(29)17-25-11-13-27(14-12-25)24(30)22-16-19(4)28(20(22)5)21-10-8-9-18(3)15-21/h8-10,15-16H,6-7,11-14,17H2,1-5H3. The summed E-state index contributed by atoms with van der Waals surface area (Å²) in [5.41, 5.74) is 5.08. The summed E-state index contributed by atoms with van der Waals surface area (Å²) >= 11 is 0. The number of hydrogen-bond acceptors (Lipinski definition) is 3. The van der Waals surface area contributed by atoms with Gasteiger partial charge in [0.25, 0.3) is 5.91 Å². The van der Waals surface area contributed by atoms with Crippen molar-refractivity contribution in [2.24, 2.45) is 0 Å². The number of benzene rings is 1. The third-order valence-corrected chi connectivity index (χ3v) is 6.06. The number of amides is 2. The van der Waals surface area contributed by atoms with Crippen molar-refractivity contribution in [2.75, 3.05) is 45.8 Å². The Morgan fingerprint density at radius 2 is 1.63 bits per heavy atom. The van der Waals surface area contributed by atoms with Gasteiger partial charge in [-0.25, -0.2) is 0 Å². The summed E-state index contributed by atoms with van der Waals surface area (Å²) in [4.78, 5) is 31.5. The van der Waals surface area contributed by atoms with Crippen LogP contribution in [0.4, 0.5) is 0 Å². The van der Waals surface area contributed by atoms with E-state index in [-0.39, 0.29) is 11.8 Å². The van der Waals surface area contributed by atoms with Crippen LogP contribution < -0.4 is 0 Å². The number of aromatic nitrogens is 1. The van der Waals surface area contributed by atoms with Gasteiger partial charge < -0.3 is 14.4 Å². The zero-order chi connectivity index (χ0) is 21.8. The average Bonchev–Trinajstić information content (AvgIpc) is 3.03. The predicted octanol–water partition coefficient (Wildman–Crippen LogP) is 3.03. The molecule has 0 saturated carbocycles. The quantitative estimate of drug-likeness (QED) is 0.736. The molecule has 1 aromatic carbocycles. The Hall–Kier alpha value is -2.60. The SMILES string of the molecule is CCN(CC)C(=O)CN1CCN(C(=O)c2cc(C)n(-c3cccc(C)c3)c2C)CC1. The largest absolute Gasteiger partial charge is 0.342 e. The fourth-order valence-corrected chi connectivity index (χ4v) is 4.29. The van der Waals surface area contributed by atoms with Crippen LogP contribution in [0.25, 0.3) is 5.69 Å². The van der Waals surface area contributed by atoms with E-state index in [1.165, 1.54) is 5.56 Å². The van der Waals surface area contributed by atoms with E-state index in [1.807, 2.05) is 49.6 Å². The molecule has 0 aliphatic carbocycles. The molecule has 0 spiro atoms. The fourth-order valence-electron chi connectivity index (χ4n) is 4.29. The van der Waals surface area contributed by atoms with Crippen LogP contribution in [0.5, 0.6) is 0 Å². The van der Waals surface area contributed by atoms with E-state index < -0.39 is 0 Å². The monoisotopic (exact) mass is 410 g/mol. The van der Waals surface area contributed by atoms with Gasteiger partial charge >= 0.3 is 0 Å². The first-order valence-corrected chi connectivity index (χ1v) is 10.9. The molecule has 1 aliphatic rings. The van der Waals surface area contributed by atoms with Gasteiger partial charge in [-0.2, -0.15) is 0 Å². The molecule has 30 heavy (non-hydrogen) atoms. The maximum atomic E-state index is 13.2. The van der Waals surface area contributed by atoms with Crippen LogP contribution >= 0.6 is 0 Å². The number of hydrogen-bond donors (Lipinski definition) is 0. The Labute approximate surface area is 180 Å². The Balaban J connectivity index is 1.67. The lowest BCUT2D eigenvalue weighted by Crippen LogP contribution is -2.51. The second kappa shape index (κ2) is 9.47. The molecule has 0 N–H and O–H groups in total. The summed E-state index contributed by atoms with van der Waals surface area (Å²) < 4.78 is 2.15. The molecule has 0 unspecified atom stereocenters. The van der Waals surface area contributed by atoms with Crippen molar-refractivity contribution in [3.05, 3.63) is 52.8 Å². The van der Waals surface area contributed by atoms with Crippen LogP contribution in [0.2, 0.25) is 0 Å². The van der Waals surface area contributed by atoms with Gasteiger partial charge in [0.2, 0.25) is 5.91 Å². The first kappa shape index (κ1) is 22.1. The summed E-state index contributed by atoms with van der Waals surface area (Å²) in [6.07, 6.45) is 0. The number of aryl methyl sites for hydroxylation is 2. The van der Waals surface area contributed by atoms with Crippen molar-refractivity contribution in [2.45, 2.75) is 34.6 Å². The zero-order valence-electron chi connectivity index (χ0n) is 18.9. The van der Waals surface area contributed by atoms with Crippen LogP contribution in [0.15, 0.2) is 30.3 Å². The smallest absolute Gasteiger partial charge is 0.255 e. The molecule has 1 aromatic heterocycles. The van der Waals surface area contributed by atoms with Crippen molar-refractivity contribution in [1.29, 1.82) is 0 Å². The van der Waals surface area contributed by atoms with Gasteiger partial charge in [-0.3, -0.25) is 14.5 Å². The summed E-state index contributed by atoms with van der Waals surface area (Å²) in [6.45, 7) is 14.8. The van der Waals surface area contributed by atoms with E-state index in [2.05, 4.69) is 34.6 Å². The number of nitrogens with zero attached hydrogens (tertiary/aromatic N) is 4. The highest BCUT2D eigenvalue weighted by atomic mass is 16.2. The molecule has 1 aliphatic heterocycles. The van der Waals surface area contributed by atoms with E-state index in [0.717, 1.165) is 48.8 Å².